The van der Waals surface area contributed by atoms with Crippen molar-refractivity contribution in [1.82, 2.24) is 5.32 Å². The van der Waals surface area contributed by atoms with Crippen molar-refractivity contribution < 1.29 is 9.53 Å². The first kappa shape index (κ1) is 15.6. The number of carbonyl (C=O) groups excluding carboxylic acids is 1. The van der Waals surface area contributed by atoms with Crippen LogP contribution in [0.3, 0.4) is 0 Å². The van der Waals surface area contributed by atoms with Gasteiger partial charge in [-0.25, -0.2) is 0 Å². The third-order valence-electron chi connectivity index (χ3n) is 2.41. The van der Waals surface area contributed by atoms with Crippen LogP contribution in [0, 0.1) is 5.92 Å². The quantitative estimate of drug-likeness (QED) is 0.779. The van der Waals surface area contributed by atoms with Gasteiger partial charge in [-0.15, -0.1) is 11.8 Å². The molecule has 1 aromatic carbocycles. The first-order valence-electron chi connectivity index (χ1n) is 6.30. The van der Waals surface area contributed by atoms with Crippen molar-refractivity contribution in [2.75, 3.05) is 13.7 Å². The molecule has 0 aliphatic rings. The standard InChI is InChI=1S/C15H21NO2S/c1-12(2)10-16-15(17)8-9-19-11-13-4-6-14(18-3)7-5-13/h4-9,12H,10-11H2,1-3H3,(H,16,17)/b9-8-. The highest BCUT2D eigenvalue weighted by molar-refractivity contribution is 8.01. The smallest absolute Gasteiger partial charge is 0.244 e. The van der Waals surface area contributed by atoms with Crippen LogP contribution >= 0.6 is 11.8 Å². The van der Waals surface area contributed by atoms with Crippen molar-refractivity contribution in [3.8, 4) is 5.75 Å². The number of nitrogens with one attached hydrogen (secondary N) is 1. The average molecular weight is 279 g/mol. The summed E-state index contributed by atoms with van der Waals surface area (Å²) < 4.78 is 5.10. The number of hydrogen-bond acceptors (Lipinski definition) is 3. The molecule has 0 radical (unpaired) electrons. The number of methoxy groups -OCH3 is 1. The van der Waals surface area contributed by atoms with Gasteiger partial charge in [0.15, 0.2) is 0 Å². The lowest BCUT2D eigenvalue weighted by molar-refractivity contribution is -0.116. The number of amides is 1. The summed E-state index contributed by atoms with van der Waals surface area (Å²) in [5.41, 5.74) is 1.21. The Bertz CT molecular complexity index is 413. The van der Waals surface area contributed by atoms with E-state index in [1.807, 2.05) is 29.7 Å². The predicted molar refractivity (Wildman–Crippen MR) is 81.3 cm³/mol. The van der Waals surface area contributed by atoms with Crippen molar-refractivity contribution in [3.05, 3.63) is 41.3 Å². The number of benzene rings is 1. The Hall–Kier alpha value is -1.42. The second kappa shape index (κ2) is 8.64. The van der Waals surface area contributed by atoms with Gasteiger partial charge in [0.1, 0.15) is 5.75 Å². The lowest BCUT2D eigenvalue weighted by Crippen LogP contribution is -2.25. The Morgan fingerprint density at radius 2 is 2.05 bits per heavy atom. The molecule has 19 heavy (non-hydrogen) atoms. The molecule has 0 unspecified atom stereocenters. The minimum Gasteiger partial charge on any atom is -0.497 e. The Balaban J connectivity index is 2.27. The molecule has 0 aliphatic heterocycles. The molecule has 0 fully saturated rings. The Morgan fingerprint density at radius 3 is 2.63 bits per heavy atom. The van der Waals surface area contributed by atoms with Gasteiger partial charge in [0.2, 0.25) is 5.91 Å². The van der Waals surface area contributed by atoms with Gasteiger partial charge in [-0.1, -0.05) is 26.0 Å². The molecule has 3 nitrogen and oxygen atoms in total. The molecule has 0 aliphatic carbocycles. The van der Waals surface area contributed by atoms with Gasteiger partial charge >= 0.3 is 0 Å². The van der Waals surface area contributed by atoms with E-state index in [1.165, 1.54) is 5.56 Å². The first-order chi connectivity index (χ1) is 9.11. The highest BCUT2D eigenvalue weighted by Crippen LogP contribution is 2.16. The van der Waals surface area contributed by atoms with Gasteiger partial charge in [0, 0.05) is 18.4 Å². The van der Waals surface area contributed by atoms with Crippen LogP contribution in [0.4, 0.5) is 0 Å². The zero-order valence-corrected chi connectivity index (χ0v) is 12.5. The fraction of sp³-hybridized carbons (Fsp3) is 0.400. The van der Waals surface area contributed by atoms with E-state index in [0.717, 1.165) is 11.5 Å². The van der Waals surface area contributed by atoms with E-state index in [0.29, 0.717) is 12.5 Å². The molecule has 0 spiro atoms. The Morgan fingerprint density at radius 1 is 1.37 bits per heavy atom. The van der Waals surface area contributed by atoms with Crippen molar-refractivity contribution in [2.45, 2.75) is 19.6 Å². The van der Waals surface area contributed by atoms with E-state index in [9.17, 15) is 4.79 Å². The average Bonchev–Trinajstić information content (AvgIpc) is 2.42. The maximum absolute atomic E-state index is 11.4. The molecular formula is C15H21NO2S. The van der Waals surface area contributed by atoms with Gasteiger partial charge in [0.25, 0.3) is 0 Å². The summed E-state index contributed by atoms with van der Waals surface area (Å²) >= 11 is 1.60. The molecule has 0 atom stereocenters. The van der Waals surface area contributed by atoms with E-state index in [-0.39, 0.29) is 5.91 Å². The topological polar surface area (TPSA) is 38.3 Å². The summed E-state index contributed by atoms with van der Waals surface area (Å²) in [4.78, 5) is 11.4. The number of carbonyl (C=O) groups is 1. The molecular weight excluding hydrogens is 258 g/mol. The van der Waals surface area contributed by atoms with Crippen LogP contribution in [0.5, 0.6) is 5.75 Å². The molecule has 1 rings (SSSR count). The summed E-state index contributed by atoms with van der Waals surface area (Å²) in [5, 5.41) is 4.67. The lowest BCUT2D eigenvalue weighted by Gasteiger charge is -2.04. The second-order valence-corrected chi connectivity index (χ2v) is 5.50. The van der Waals surface area contributed by atoms with E-state index >= 15 is 0 Å². The van der Waals surface area contributed by atoms with E-state index < -0.39 is 0 Å². The third-order valence-corrected chi connectivity index (χ3v) is 3.24. The minimum absolute atomic E-state index is 0.0315. The first-order valence-corrected chi connectivity index (χ1v) is 7.35. The van der Waals surface area contributed by atoms with Crippen molar-refractivity contribution in [1.29, 1.82) is 0 Å². The fourth-order valence-electron chi connectivity index (χ4n) is 1.34. The molecule has 0 aromatic heterocycles. The molecule has 0 saturated carbocycles. The summed E-state index contributed by atoms with van der Waals surface area (Å²) in [6.45, 7) is 4.86. The number of ether oxygens (including phenoxy) is 1. The third kappa shape index (κ3) is 6.91. The molecule has 4 heteroatoms. The van der Waals surface area contributed by atoms with Crippen molar-refractivity contribution >= 4 is 17.7 Å². The summed E-state index contributed by atoms with van der Waals surface area (Å²) in [6.07, 6.45) is 1.58. The monoisotopic (exact) mass is 279 g/mol. The van der Waals surface area contributed by atoms with Crippen LogP contribution in [0.1, 0.15) is 19.4 Å². The molecule has 1 aromatic rings. The molecule has 0 saturated heterocycles. The van der Waals surface area contributed by atoms with Crippen LogP contribution in [0.15, 0.2) is 35.7 Å². The highest BCUT2D eigenvalue weighted by Gasteiger charge is 1.97. The van der Waals surface area contributed by atoms with E-state index in [2.05, 4.69) is 19.2 Å². The van der Waals surface area contributed by atoms with Crippen molar-refractivity contribution in [3.63, 3.8) is 0 Å². The van der Waals surface area contributed by atoms with Crippen molar-refractivity contribution in [2.24, 2.45) is 5.92 Å². The molecule has 104 valence electrons. The van der Waals surface area contributed by atoms with Gasteiger partial charge in [-0.2, -0.15) is 0 Å². The van der Waals surface area contributed by atoms with Crippen LogP contribution in [0.25, 0.3) is 0 Å². The summed E-state index contributed by atoms with van der Waals surface area (Å²) in [6, 6.07) is 7.93. The zero-order valence-electron chi connectivity index (χ0n) is 11.7. The number of rotatable bonds is 7. The van der Waals surface area contributed by atoms with Gasteiger partial charge in [0.05, 0.1) is 7.11 Å². The summed E-state index contributed by atoms with van der Waals surface area (Å²) in [7, 11) is 1.66. The molecule has 1 N–H and O–H groups in total. The Labute approximate surface area is 119 Å². The molecule has 1 amide bonds. The SMILES string of the molecule is COc1ccc(CS/C=C\C(=O)NCC(C)C)cc1. The molecule has 0 heterocycles. The van der Waals surface area contributed by atoms with Gasteiger partial charge in [-0.3, -0.25) is 4.79 Å². The maximum atomic E-state index is 11.4. The predicted octanol–water partition coefficient (Wildman–Crippen LogP) is 3.21. The second-order valence-electron chi connectivity index (χ2n) is 4.60. The van der Waals surface area contributed by atoms with Crippen LogP contribution < -0.4 is 10.1 Å². The fourth-order valence-corrected chi connectivity index (χ4v) is 2.04. The van der Waals surface area contributed by atoms with E-state index in [4.69, 9.17) is 4.74 Å². The van der Waals surface area contributed by atoms with Gasteiger partial charge < -0.3 is 10.1 Å². The summed E-state index contributed by atoms with van der Waals surface area (Å²) in [5.74, 6) is 2.15. The van der Waals surface area contributed by atoms with Crippen LogP contribution in [0.2, 0.25) is 0 Å². The maximum Gasteiger partial charge on any atom is 0.244 e. The van der Waals surface area contributed by atoms with Gasteiger partial charge in [-0.05, 0) is 29.0 Å². The number of thioether (sulfide) groups is 1. The zero-order chi connectivity index (χ0) is 14.1. The minimum atomic E-state index is -0.0315. The molecule has 0 bridgehead atoms. The highest BCUT2D eigenvalue weighted by atomic mass is 32.2. The lowest BCUT2D eigenvalue weighted by atomic mass is 10.2. The normalized spacial score (nSPS) is 10.9. The van der Waals surface area contributed by atoms with Crippen LogP contribution in [-0.2, 0) is 10.5 Å². The van der Waals surface area contributed by atoms with E-state index in [1.54, 1.807) is 24.9 Å². The van der Waals surface area contributed by atoms with Crippen LogP contribution in [-0.4, -0.2) is 19.6 Å². The number of hydrogen-bond donors (Lipinski definition) is 1. The largest absolute Gasteiger partial charge is 0.497 e. The Kier molecular flexibility index (Phi) is 7.11.